The molecule has 7 heteroatoms. The van der Waals surface area contributed by atoms with Crippen molar-refractivity contribution in [2.75, 3.05) is 6.61 Å². The maximum atomic E-state index is 9.11. The third kappa shape index (κ3) is 1.79. The number of rotatable bonds is 2. The van der Waals surface area contributed by atoms with Crippen LogP contribution in [0.3, 0.4) is 0 Å². The van der Waals surface area contributed by atoms with Crippen LogP contribution in [0.5, 0.6) is 0 Å². The van der Waals surface area contributed by atoms with Crippen LogP contribution in [0.4, 0.5) is 0 Å². The summed E-state index contributed by atoms with van der Waals surface area (Å²) in [4.78, 5) is 4.37. The lowest BCUT2D eigenvalue weighted by Crippen LogP contribution is -2.08. The predicted molar refractivity (Wildman–Crippen MR) is 64.4 cm³/mol. The first-order chi connectivity index (χ1) is 8.79. The fourth-order valence-electron chi connectivity index (χ4n) is 2.03. The second-order valence-corrected chi connectivity index (χ2v) is 4.96. The summed E-state index contributed by atoms with van der Waals surface area (Å²) in [6.45, 7) is 2.64. The van der Waals surface area contributed by atoms with E-state index in [4.69, 9.17) is 10.00 Å². The Morgan fingerprint density at radius 2 is 2.50 bits per heavy atom. The summed E-state index contributed by atoms with van der Waals surface area (Å²) < 4.78 is 7.26. The van der Waals surface area contributed by atoms with Gasteiger partial charge in [0.15, 0.2) is 5.69 Å². The highest BCUT2D eigenvalue weighted by atomic mass is 32.1. The van der Waals surface area contributed by atoms with Crippen molar-refractivity contribution in [3.63, 3.8) is 0 Å². The number of nitrogens with zero attached hydrogens (tertiary/aromatic N) is 5. The molecule has 3 rings (SSSR count). The highest BCUT2D eigenvalue weighted by Gasteiger charge is 2.28. The largest absolute Gasteiger partial charge is 0.372 e. The Morgan fingerprint density at radius 3 is 3.11 bits per heavy atom. The molecule has 92 valence electrons. The highest BCUT2D eigenvalue weighted by Crippen LogP contribution is 2.31. The van der Waals surface area contributed by atoms with E-state index in [0.29, 0.717) is 5.69 Å². The van der Waals surface area contributed by atoms with Gasteiger partial charge in [-0.25, -0.2) is 4.98 Å². The average molecular weight is 261 g/mol. The van der Waals surface area contributed by atoms with Crippen LogP contribution in [0.25, 0.3) is 5.13 Å². The van der Waals surface area contributed by atoms with Crippen molar-refractivity contribution < 1.29 is 4.74 Å². The minimum Gasteiger partial charge on any atom is -0.372 e. The van der Waals surface area contributed by atoms with Crippen LogP contribution >= 0.6 is 11.3 Å². The van der Waals surface area contributed by atoms with Crippen LogP contribution in [0.1, 0.15) is 36.0 Å². The van der Waals surface area contributed by atoms with E-state index in [1.165, 1.54) is 11.3 Å². The molecule has 0 aliphatic carbocycles. The van der Waals surface area contributed by atoms with Gasteiger partial charge in [-0.15, -0.1) is 16.4 Å². The summed E-state index contributed by atoms with van der Waals surface area (Å²) in [5, 5.41) is 19.7. The molecule has 18 heavy (non-hydrogen) atoms. The van der Waals surface area contributed by atoms with Gasteiger partial charge in [-0.1, -0.05) is 5.21 Å². The number of nitriles is 1. The van der Waals surface area contributed by atoms with Crippen LogP contribution < -0.4 is 0 Å². The van der Waals surface area contributed by atoms with E-state index < -0.39 is 0 Å². The first-order valence-corrected chi connectivity index (χ1v) is 6.57. The standard InChI is InChI=1S/C11H11N5OS/c1-7-6-18-11(13-7)16-10(8(5-12)14-15-16)9-3-2-4-17-9/h6,9H,2-4H2,1H3. The molecule has 2 aromatic rings. The van der Waals surface area contributed by atoms with Gasteiger partial charge in [0.05, 0.1) is 5.69 Å². The Labute approximate surface area is 108 Å². The molecule has 1 fully saturated rings. The molecule has 1 aliphatic heterocycles. The fourth-order valence-corrected chi connectivity index (χ4v) is 2.79. The van der Waals surface area contributed by atoms with Crippen LogP contribution in [-0.4, -0.2) is 26.6 Å². The first kappa shape index (κ1) is 11.3. The molecule has 0 spiro atoms. The Morgan fingerprint density at radius 1 is 1.61 bits per heavy atom. The van der Waals surface area contributed by atoms with Gasteiger partial charge in [-0.05, 0) is 19.8 Å². The second kappa shape index (κ2) is 4.48. The van der Waals surface area contributed by atoms with E-state index >= 15 is 0 Å². The van der Waals surface area contributed by atoms with Gasteiger partial charge in [0, 0.05) is 12.0 Å². The van der Waals surface area contributed by atoms with Crippen molar-refractivity contribution in [1.82, 2.24) is 20.0 Å². The second-order valence-electron chi connectivity index (χ2n) is 4.12. The van der Waals surface area contributed by atoms with Crippen LogP contribution in [0.15, 0.2) is 5.38 Å². The van der Waals surface area contributed by atoms with E-state index in [9.17, 15) is 0 Å². The van der Waals surface area contributed by atoms with Crippen LogP contribution in [0, 0.1) is 18.3 Å². The summed E-state index contributed by atoms with van der Waals surface area (Å²) in [5.74, 6) is 0. The Hall–Kier alpha value is -1.78. The van der Waals surface area contributed by atoms with E-state index in [1.807, 2.05) is 12.3 Å². The Balaban J connectivity index is 2.09. The summed E-state index contributed by atoms with van der Waals surface area (Å²) in [7, 11) is 0. The number of aromatic nitrogens is 4. The Kier molecular flexibility index (Phi) is 2.81. The van der Waals surface area contributed by atoms with Crippen molar-refractivity contribution >= 4 is 11.3 Å². The molecule has 0 radical (unpaired) electrons. The summed E-state index contributed by atoms with van der Waals surface area (Å²) in [6, 6.07) is 2.07. The van der Waals surface area contributed by atoms with Gasteiger partial charge in [0.2, 0.25) is 5.13 Å². The maximum absolute atomic E-state index is 9.11. The third-order valence-electron chi connectivity index (χ3n) is 2.83. The van der Waals surface area contributed by atoms with Gasteiger partial charge in [-0.3, -0.25) is 0 Å². The Bertz CT molecular complexity index is 605. The fraction of sp³-hybridized carbons (Fsp3) is 0.455. The number of hydrogen-bond donors (Lipinski definition) is 0. The SMILES string of the molecule is Cc1csc(-n2nnc(C#N)c2C2CCCO2)n1. The lowest BCUT2D eigenvalue weighted by atomic mass is 10.1. The first-order valence-electron chi connectivity index (χ1n) is 5.69. The number of ether oxygens (including phenoxy) is 1. The van der Waals surface area contributed by atoms with E-state index in [1.54, 1.807) is 4.68 Å². The molecular formula is C11H11N5OS. The molecule has 3 heterocycles. The molecule has 0 bridgehead atoms. The lowest BCUT2D eigenvalue weighted by molar-refractivity contribution is 0.106. The van der Waals surface area contributed by atoms with Crippen molar-refractivity contribution in [3.05, 3.63) is 22.5 Å². The zero-order valence-corrected chi connectivity index (χ0v) is 10.6. The molecule has 0 saturated carbocycles. The van der Waals surface area contributed by atoms with E-state index in [-0.39, 0.29) is 6.10 Å². The van der Waals surface area contributed by atoms with E-state index in [2.05, 4.69) is 21.4 Å². The van der Waals surface area contributed by atoms with Gasteiger partial charge in [0.25, 0.3) is 0 Å². The van der Waals surface area contributed by atoms with Crippen molar-refractivity contribution in [2.24, 2.45) is 0 Å². The van der Waals surface area contributed by atoms with Gasteiger partial charge < -0.3 is 4.74 Å². The lowest BCUT2D eigenvalue weighted by Gasteiger charge is -2.09. The minimum absolute atomic E-state index is 0.0983. The quantitative estimate of drug-likeness (QED) is 0.823. The van der Waals surface area contributed by atoms with Crippen molar-refractivity contribution in [1.29, 1.82) is 5.26 Å². The van der Waals surface area contributed by atoms with E-state index in [0.717, 1.165) is 36.0 Å². The summed E-state index contributed by atoms with van der Waals surface area (Å²) >= 11 is 1.48. The molecule has 1 atom stereocenters. The zero-order valence-electron chi connectivity index (χ0n) is 9.83. The molecule has 1 unspecified atom stereocenters. The number of aryl methyl sites for hydroxylation is 1. The third-order valence-corrected chi connectivity index (χ3v) is 3.77. The smallest absolute Gasteiger partial charge is 0.212 e. The topological polar surface area (TPSA) is 76.6 Å². The molecule has 2 aromatic heterocycles. The average Bonchev–Trinajstić information content (AvgIpc) is 3.07. The summed E-state index contributed by atoms with van der Waals surface area (Å²) in [6.07, 6.45) is 1.79. The maximum Gasteiger partial charge on any atom is 0.212 e. The highest BCUT2D eigenvalue weighted by molar-refractivity contribution is 7.12. The monoisotopic (exact) mass is 261 g/mol. The zero-order chi connectivity index (χ0) is 12.5. The summed E-state index contributed by atoms with van der Waals surface area (Å²) in [5.41, 5.74) is 1.99. The molecule has 0 aromatic carbocycles. The van der Waals surface area contributed by atoms with Crippen LogP contribution in [-0.2, 0) is 4.74 Å². The molecular weight excluding hydrogens is 250 g/mol. The normalized spacial score (nSPS) is 19.0. The van der Waals surface area contributed by atoms with Gasteiger partial charge in [-0.2, -0.15) is 9.94 Å². The van der Waals surface area contributed by atoms with Crippen molar-refractivity contribution in [3.8, 4) is 11.2 Å². The van der Waals surface area contributed by atoms with Crippen LogP contribution in [0.2, 0.25) is 0 Å². The molecule has 0 N–H and O–H groups in total. The van der Waals surface area contributed by atoms with Crippen molar-refractivity contribution in [2.45, 2.75) is 25.9 Å². The molecule has 1 saturated heterocycles. The van der Waals surface area contributed by atoms with Gasteiger partial charge in [0.1, 0.15) is 17.9 Å². The van der Waals surface area contributed by atoms with Gasteiger partial charge >= 0.3 is 0 Å². The number of hydrogen-bond acceptors (Lipinski definition) is 6. The predicted octanol–water partition coefficient (Wildman–Crippen LogP) is 1.76. The molecule has 6 nitrogen and oxygen atoms in total. The minimum atomic E-state index is -0.0983. The molecule has 1 aliphatic rings. The number of thiazole rings is 1. The molecule has 0 amide bonds.